The molecule has 13 nitrogen and oxygen atoms in total. The van der Waals surface area contributed by atoms with E-state index < -0.39 is 54.4 Å². The molecule has 1 aliphatic carbocycles. The first-order valence-electron chi connectivity index (χ1n) is 8.91. The normalized spacial score (nSPS) is 20.2. The topological polar surface area (TPSA) is 209 Å². The number of aromatic nitrogens is 2. The number of benzene rings is 1. The molecule has 0 spiro atoms. The number of azo groups is 1. The van der Waals surface area contributed by atoms with Crippen LogP contribution in [0.1, 0.15) is 42.2 Å². The number of H-pyrrole nitrogens is 1. The van der Waals surface area contributed by atoms with Crippen LogP contribution in [0.15, 0.2) is 44.2 Å². The fraction of sp³-hybridized carbons (Fsp3) is 0.375. The number of rotatable bonds is 6. The van der Waals surface area contributed by atoms with Gasteiger partial charge in [-0.15, -0.1) is 5.11 Å². The molecule has 0 atom stereocenters. The van der Waals surface area contributed by atoms with Gasteiger partial charge in [-0.3, -0.25) is 19.0 Å². The number of hydrogen-bond donors (Lipinski definition) is 4. The van der Waals surface area contributed by atoms with E-state index in [9.17, 15) is 31.5 Å². The number of carboxylic acids is 1. The van der Waals surface area contributed by atoms with Crippen molar-refractivity contribution in [2.75, 3.05) is 0 Å². The molecule has 0 saturated heterocycles. The Morgan fingerprint density at radius 2 is 1.58 bits per heavy atom. The number of nitrogens with one attached hydrogen (secondary N) is 1. The zero-order chi connectivity index (χ0) is 23.0. The molecule has 168 valence electrons. The van der Waals surface area contributed by atoms with Crippen molar-refractivity contribution in [1.82, 2.24) is 9.78 Å². The lowest BCUT2D eigenvalue weighted by molar-refractivity contribution is 0.0689. The Bertz CT molecular complexity index is 1280. The highest BCUT2D eigenvalue weighted by Gasteiger charge is 2.32. The SMILES string of the molecule is O=C(O)c1[nH]n(C2CCC(S(=O)(=O)O)CC2)c(=O)c1N=Nc1ccc(S(=O)(=O)O)cc1. The molecule has 0 bridgehead atoms. The van der Waals surface area contributed by atoms with Crippen LogP contribution in [0.25, 0.3) is 0 Å². The summed E-state index contributed by atoms with van der Waals surface area (Å²) in [6, 6.07) is 4.01. The van der Waals surface area contributed by atoms with Crippen LogP contribution in [-0.2, 0) is 20.2 Å². The molecule has 4 N–H and O–H groups in total. The van der Waals surface area contributed by atoms with Crippen LogP contribution in [0.4, 0.5) is 11.4 Å². The number of hydrogen-bond acceptors (Lipinski definition) is 8. The minimum Gasteiger partial charge on any atom is -0.476 e. The minimum absolute atomic E-state index is 0.101. The van der Waals surface area contributed by atoms with Gasteiger partial charge in [0.25, 0.3) is 25.8 Å². The van der Waals surface area contributed by atoms with E-state index in [0.717, 1.165) is 16.8 Å². The number of carboxylic acid groups (broad SMARTS) is 1. The summed E-state index contributed by atoms with van der Waals surface area (Å²) >= 11 is 0. The summed E-state index contributed by atoms with van der Waals surface area (Å²) in [6.07, 6.45) is 0.651. The fourth-order valence-electron chi connectivity index (χ4n) is 3.34. The summed E-state index contributed by atoms with van der Waals surface area (Å²) in [5, 5.41) is 18.4. The smallest absolute Gasteiger partial charge is 0.356 e. The monoisotopic (exact) mass is 474 g/mol. The highest BCUT2D eigenvalue weighted by molar-refractivity contribution is 7.86. The van der Waals surface area contributed by atoms with Crippen molar-refractivity contribution in [3.05, 3.63) is 40.3 Å². The van der Waals surface area contributed by atoms with Crippen molar-refractivity contribution < 1.29 is 35.8 Å². The second-order valence-electron chi connectivity index (χ2n) is 6.93. The number of carbonyl (C=O) groups is 1. The number of nitrogens with zero attached hydrogens (tertiary/aromatic N) is 3. The van der Waals surface area contributed by atoms with Gasteiger partial charge in [0.2, 0.25) is 0 Å². The van der Waals surface area contributed by atoms with Gasteiger partial charge in [0.1, 0.15) is 0 Å². The van der Waals surface area contributed by atoms with Crippen molar-refractivity contribution in [3.63, 3.8) is 0 Å². The Labute approximate surface area is 175 Å². The molecule has 1 heterocycles. The van der Waals surface area contributed by atoms with Crippen LogP contribution < -0.4 is 5.56 Å². The van der Waals surface area contributed by atoms with Gasteiger partial charge in [-0.25, -0.2) is 9.48 Å². The maximum absolute atomic E-state index is 12.7. The summed E-state index contributed by atoms with van der Waals surface area (Å²) in [5.41, 5.74) is -1.67. The quantitative estimate of drug-likeness (QED) is 0.355. The molecular formula is C16H18N4O9S2. The van der Waals surface area contributed by atoms with Crippen molar-refractivity contribution in [2.24, 2.45) is 10.2 Å². The molecule has 15 heteroatoms. The van der Waals surface area contributed by atoms with E-state index >= 15 is 0 Å². The Morgan fingerprint density at radius 1 is 1.00 bits per heavy atom. The summed E-state index contributed by atoms with van der Waals surface area (Å²) < 4.78 is 63.8. The molecule has 1 aromatic carbocycles. The van der Waals surface area contributed by atoms with Gasteiger partial charge in [-0.2, -0.15) is 21.9 Å². The Balaban J connectivity index is 1.88. The first-order valence-corrected chi connectivity index (χ1v) is 11.9. The lowest BCUT2D eigenvalue weighted by Gasteiger charge is -2.26. The lowest BCUT2D eigenvalue weighted by Crippen LogP contribution is -2.31. The number of aromatic amines is 1. The second kappa shape index (κ2) is 8.33. The molecule has 0 unspecified atom stereocenters. The van der Waals surface area contributed by atoms with E-state index in [-0.39, 0.29) is 36.3 Å². The molecule has 1 fully saturated rings. The maximum Gasteiger partial charge on any atom is 0.356 e. The Morgan fingerprint density at radius 3 is 2.06 bits per heavy atom. The molecule has 3 rings (SSSR count). The summed E-state index contributed by atoms with van der Waals surface area (Å²) in [4.78, 5) is 23.9. The van der Waals surface area contributed by atoms with Crippen LogP contribution in [-0.4, -0.2) is 52.0 Å². The summed E-state index contributed by atoms with van der Waals surface area (Å²) in [5.74, 6) is -1.46. The Hall–Kier alpha value is -2.88. The molecule has 0 aliphatic heterocycles. The molecule has 1 aliphatic rings. The van der Waals surface area contributed by atoms with Gasteiger partial charge in [0.15, 0.2) is 11.4 Å². The highest BCUT2D eigenvalue weighted by Crippen LogP contribution is 2.31. The van der Waals surface area contributed by atoms with Gasteiger partial charge >= 0.3 is 5.97 Å². The van der Waals surface area contributed by atoms with Gasteiger partial charge in [0.05, 0.1) is 21.9 Å². The molecular weight excluding hydrogens is 456 g/mol. The van der Waals surface area contributed by atoms with Crippen LogP contribution in [0.3, 0.4) is 0 Å². The molecule has 2 aromatic rings. The van der Waals surface area contributed by atoms with Gasteiger partial charge < -0.3 is 5.11 Å². The van der Waals surface area contributed by atoms with Crippen molar-refractivity contribution in [3.8, 4) is 0 Å². The van der Waals surface area contributed by atoms with Gasteiger partial charge in [0, 0.05) is 0 Å². The number of aromatic carboxylic acids is 1. The molecule has 0 radical (unpaired) electrons. The fourth-order valence-corrected chi connectivity index (χ4v) is 4.69. The van der Waals surface area contributed by atoms with E-state index in [1.165, 1.54) is 12.1 Å². The van der Waals surface area contributed by atoms with Crippen LogP contribution in [0.2, 0.25) is 0 Å². The third-order valence-corrected chi connectivity index (χ3v) is 7.12. The average molecular weight is 474 g/mol. The van der Waals surface area contributed by atoms with Crippen molar-refractivity contribution >= 4 is 37.6 Å². The van der Waals surface area contributed by atoms with E-state index in [0.29, 0.717) is 0 Å². The van der Waals surface area contributed by atoms with E-state index in [1.807, 2.05) is 0 Å². The predicted octanol–water partition coefficient (Wildman–Crippen LogP) is 1.91. The standard InChI is InChI=1S/C16H18N4O9S2/c21-15-13(18-17-9-1-5-11(6-2-9)30(24,25)26)14(16(22)23)19-20(15)10-3-7-12(8-4-10)31(27,28)29/h1-2,5-6,10,12,19H,3-4,7-8H2,(H,22,23)(H,24,25,26)(H,27,28,29). The zero-order valence-corrected chi connectivity index (χ0v) is 17.4. The summed E-state index contributed by atoms with van der Waals surface area (Å²) in [7, 11) is -8.58. The van der Waals surface area contributed by atoms with Crippen LogP contribution in [0.5, 0.6) is 0 Å². The van der Waals surface area contributed by atoms with Gasteiger partial charge in [-0.05, 0) is 49.9 Å². The van der Waals surface area contributed by atoms with Crippen molar-refractivity contribution in [2.45, 2.75) is 41.9 Å². The lowest BCUT2D eigenvalue weighted by atomic mass is 9.95. The zero-order valence-electron chi connectivity index (χ0n) is 15.7. The van der Waals surface area contributed by atoms with Gasteiger partial charge in [-0.1, -0.05) is 0 Å². The average Bonchev–Trinajstić information content (AvgIpc) is 3.02. The van der Waals surface area contributed by atoms with Crippen molar-refractivity contribution in [1.29, 1.82) is 0 Å². The third-order valence-electron chi connectivity index (χ3n) is 4.93. The highest BCUT2D eigenvalue weighted by atomic mass is 32.2. The largest absolute Gasteiger partial charge is 0.476 e. The van der Waals surface area contributed by atoms with E-state index in [2.05, 4.69) is 15.3 Å². The predicted molar refractivity (Wildman–Crippen MR) is 105 cm³/mol. The molecule has 1 saturated carbocycles. The van der Waals surface area contributed by atoms with E-state index in [4.69, 9.17) is 9.11 Å². The third kappa shape index (κ3) is 5.07. The van der Waals surface area contributed by atoms with Crippen LogP contribution >= 0.6 is 0 Å². The second-order valence-corrected chi connectivity index (χ2v) is 10.0. The molecule has 1 aromatic heterocycles. The van der Waals surface area contributed by atoms with E-state index in [1.54, 1.807) is 0 Å². The Kier molecular flexibility index (Phi) is 6.13. The van der Waals surface area contributed by atoms with Crippen LogP contribution in [0, 0.1) is 0 Å². The maximum atomic E-state index is 12.7. The molecule has 0 amide bonds. The first kappa shape index (κ1) is 22.8. The minimum atomic E-state index is -4.40. The molecule has 31 heavy (non-hydrogen) atoms. The summed E-state index contributed by atoms with van der Waals surface area (Å²) in [6.45, 7) is 0. The first-order chi connectivity index (χ1) is 14.4.